The first kappa shape index (κ1) is 24.1. The molecule has 10 heteroatoms. The van der Waals surface area contributed by atoms with E-state index < -0.39 is 46.0 Å². The number of thioether (sulfide) groups is 1. The zero-order chi connectivity index (χ0) is 24.0. The number of halogens is 3. The van der Waals surface area contributed by atoms with Crippen molar-refractivity contribution in [2.75, 3.05) is 5.32 Å². The molecule has 1 amide bonds. The molecule has 0 bridgehead atoms. The van der Waals surface area contributed by atoms with Gasteiger partial charge in [0.2, 0.25) is 11.9 Å². The van der Waals surface area contributed by atoms with E-state index >= 15 is 0 Å². The predicted molar refractivity (Wildman–Crippen MR) is 117 cm³/mol. The number of anilines is 1. The monoisotopic (exact) mass is 467 g/mol. The Kier molecular flexibility index (Phi) is 6.34. The number of nitrogens with two attached hydrogens (primary N) is 1. The number of primary amides is 1. The van der Waals surface area contributed by atoms with Gasteiger partial charge in [0.1, 0.15) is 17.5 Å². The molecule has 6 nitrogen and oxygen atoms in total. The number of carbonyl (C=O) groups is 1. The highest BCUT2D eigenvalue weighted by Crippen LogP contribution is 2.45. The number of hydrogen-bond donors (Lipinski definition) is 4. The van der Waals surface area contributed by atoms with Crippen molar-refractivity contribution in [3.05, 3.63) is 64.6 Å². The lowest BCUT2D eigenvalue weighted by molar-refractivity contribution is -0.120. The fourth-order valence-corrected chi connectivity index (χ4v) is 4.62. The summed E-state index contributed by atoms with van der Waals surface area (Å²) in [6.45, 7) is 5.64. The summed E-state index contributed by atoms with van der Waals surface area (Å²) in [6, 6.07) is 4.84. The van der Waals surface area contributed by atoms with Crippen LogP contribution in [0.3, 0.4) is 0 Å². The second-order valence-corrected chi connectivity index (χ2v) is 9.79. The van der Waals surface area contributed by atoms with Crippen molar-refractivity contribution in [2.45, 2.75) is 44.3 Å². The minimum absolute atomic E-state index is 0.0107. The van der Waals surface area contributed by atoms with Crippen molar-refractivity contribution >= 4 is 28.4 Å². The summed E-state index contributed by atoms with van der Waals surface area (Å²) in [5.74, 6) is -4.33. The van der Waals surface area contributed by atoms with Crippen LogP contribution in [0.5, 0.6) is 0 Å². The number of carbonyl (C=O) groups excluding carboxylic acids is 1. The van der Waals surface area contributed by atoms with E-state index in [1.807, 2.05) is 0 Å². The van der Waals surface area contributed by atoms with Gasteiger partial charge in [-0.3, -0.25) is 4.79 Å². The Balaban J connectivity index is 1.90. The lowest BCUT2D eigenvalue weighted by Crippen LogP contribution is -2.33. The van der Waals surface area contributed by atoms with Crippen LogP contribution in [0.2, 0.25) is 0 Å². The molecule has 1 aliphatic heterocycles. The summed E-state index contributed by atoms with van der Waals surface area (Å²) in [5, 5.41) is 22.1. The van der Waals surface area contributed by atoms with Gasteiger partial charge in [0, 0.05) is 10.5 Å². The SMILES string of the molecule is CC(C)(O)c1cc(F)c(C2=CC(C(N)=O)C(Nc3ccc(C(C)(C)O)c(F)n3)S2)c(F)c1. The molecule has 0 fully saturated rings. The van der Waals surface area contributed by atoms with Crippen LogP contribution in [0, 0.1) is 23.5 Å². The maximum Gasteiger partial charge on any atom is 0.227 e. The fourth-order valence-electron chi connectivity index (χ4n) is 3.27. The number of nitrogens with zero attached hydrogens (tertiary/aromatic N) is 1. The molecule has 0 saturated carbocycles. The zero-order valence-corrected chi connectivity index (χ0v) is 18.7. The second-order valence-electron chi connectivity index (χ2n) is 8.61. The van der Waals surface area contributed by atoms with Gasteiger partial charge in [0.15, 0.2) is 0 Å². The van der Waals surface area contributed by atoms with E-state index in [1.165, 1.54) is 45.9 Å². The number of rotatable bonds is 6. The quantitative estimate of drug-likeness (QED) is 0.484. The Hall–Kier alpha value is -2.56. The maximum absolute atomic E-state index is 14.8. The van der Waals surface area contributed by atoms with Crippen LogP contribution >= 0.6 is 11.8 Å². The Morgan fingerprint density at radius 3 is 2.16 bits per heavy atom. The lowest BCUT2D eigenvalue weighted by atomic mass is 9.96. The molecular formula is C22H24F3N3O3S. The van der Waals surface area contributed by atoms with Gasteiger partial charge in [-0.05, 0) is 57.5 Å². The highest BCUT2D eigenvalue weighted by atomic mass is 32.2. The van der Waals surface area contributed by atoms with E-state index in [9.17, 15) is 28.2 Å². The number of aromatic nitrogens is 1. The van der Waals surface area contributed by atoms with Gasteiger partial charge >= 0.3 is 0 Å². The molecule has 2 unspecified atom stereocenters. The molecule has 0 spiro atoms. The van der Waals surface area contributed by atoms with E-state index in [-0.39, 0.29) is 27.4 Å². The van der Waals surface area contributed by atoms with Gasteiger partial charge in [-0.1, -0.05) is 17.8 Å². The molecule has 172 valence electrons. The third-order valence-corrected chi connectivity index (χ3v) is 6.29. The van der Waals surface area contributed by atoms with Crippen LogP contribution in [0.1, 0.15) is 44.4 Å². The van der Waals surface area contributed by atoms with E-state index in [0.717, 1.165) is 23.9 Å². The van der Waals surface area contributed by atoms with E-state index in [2.05, 4.69) is 10.3 Å². The highest BCUT2D eigenvalue weighted by molar-refractivity contribution is 8.09. The third-order valence-electron chi connectivity index (χ3n) is 5.03. The molecule has 32 heavy (non-hydrogen) atoms. The largest absolute Gasteiger partial charge is 0.386 e. The zero-order valence-electron chi connectivity index (χ0n) is 17.9. The van der Waals surface area contributed by atoms with Crippen LogP contribution in [0.4, 0.5) is 19.0 Å². The van der Waals surface area contributed by atoms with Crippen LogP contribution in [0.15, 0.2) is 30.3 Å². The molecule has 0 aliphatic carbocycles. The standard InChI is InChI=1S/C22H24F3N3O3S/c1-21(2,30)10-7-13(23)17(14(24)8-10)15-9-11(19(26)29)20(32-15)28-16-6-5-12(18(25)27-16)22(3,4)31/h5-9,11,20,30-31H,1-4H3,(H2,26,29)(H,27,28). The molecule has 2 heterocycles. The summed E-state index contributed by atoms with van der Waals surface area (Å²) in [5.41, 5.74) is 2.29. The van der Waals surface area contributed by atoms with Crippen molar-refractivity contribution in [1.82, 2.24) is 4.98 Å². The average Bonchev–Trinajstić information content (AvgIpc) is 3.02. The predicted octanol–water partition coefficient (Wildman–Crippen LogP) is 3.58. The Labute approximate surface area is 187 Å². The van der Waals surface area contributed by atoms with Crippen molar-refractivity contribution in [3.8, 4) is 0 Å². The molecule has 2 atom stereocenters. The van der Waals surface area contributed by atoms with E-state index in [1.54, 1.807) is 0 Å². The van der Waals surface area contributed by atoms with Crippen molar-refractivity contribution in [3.63, 3.8) is 0 Å². The van der Waals surface area contributed by atoms with Crippen LogP contribution in [-0.2, 0) is 16.0 Å². The molecule has 1 aromatic carbocycles. The van der Waals surface area contributed by atoms with E-state index in [4.69, 9.17) is 5.73 Å². The average molecular weight is 468 g/mol. The number of nitrogens with one attached hydrogen (secondary N) is 1. The topological polar surface area (TPSA) is 108 Å². The number of pyridine rings is 1. The first-order valence-corrected chi connectivity index (χ1v) is 10.6. The first-order valence-electron chi connectivity index (χ1n) is 9.74. The molecule has 0 radical (unpaired) electrons. The summed E-state index contributed by atoms with van der Waals surface area (Å²) in [7, 11) is 0. The van der Waals surface area contributed by atoms with Gasteiger partial charge in [-0.2, -0.15) is 4.39 Å². The van der Waals surface area contributed by atoms with Gasteiger partial charge in [0.05, 0.1) is 28.1 Å². The number of hydrogen-bond acceptors (Lipinski definition) is 6. The fraction of sp³-hybridized carbons (Fsp3) is 0.364. The van der Waals surface area contributed by atoms with Crippen molar-refractivity contribution in [1.29, 1.82) is 0 Å². The second kappa shape index (κ2) is 8.42. The van der Waals surface area contributed by atoms with Gasteiger partial charge in [-0.15, -0.1) is 0 Å². The number of amides is 1. The first-order chi connectivity index (χ1) is 14.7. The molecule has 3 rings (SSSR count). The number of aliphatic hydroxyl groups is 2. The van der Waals surface area contributed by atoms with Crippen molar-refractivity contribution < 1.29 is 28.2 Å². The summed E-state index contributed by atoms with van der Waals surface area (Å²) < 4.78 is 43.8. The van der Waals surface area contributed by atoms with Crippen LogP contribution < -0.4 is 11.1 Å². The smallest absolute Gasteiger partial charge is 0.227 e. The highest BCUT2D eigenvalue weighted by Gasteiger charge is 2.36. The summed E-state index contributed by atoms with van der Waals surface area (Å²) >= 11 is 0.947. The summed E-state index contributed by atoms with van der Waals surface area (Å²) in [4.78, 5) is 15.9. The molecule has 2 aromatic rings. The normalized spacial score (nSPS) is 19.1. The Morgan fingerprint density at radius 1 is 1.09 bits per heavy atom. The van der Waals surface area contributed by atoms with Gasteiger partial charge in [-0.25, -0.2) is 13.8 Å². The van der Waals surface area contributed by atoms with Crippen LogP contribution in [-0.4, -0.2) is 26.5 Å². The molecule has 1 aromatic heterocycles. The minimum atomic E-state index is -1.44. The van der Waals surface area contributed by atoms with E-state index in [0.29, 0.717) is 0 Å². The van der Waals surface area contributed by atoms with Crippen LogP contribution in [0.25, 0.3) is 4.91 Å². The molecular weight excluding hydrogens is 443 g/mol. The van der Waals surface area contributed by atoms with Crippen molar-refractivity contribution in [2.24, 2.45) is 11.7 Å². The number of benzene rings is 1. The Morgan fingerprint density at radius 2 is 1.69 bits per heavy atom. The van der Waals surface area contributed by atoms with Gasteiger partial charge < -0.3 is 21.3 Å². The molecule has 5 N–H and O–H groups in total. The molecule has 0 saturated heterocycles. The Bertz CT molecular complexity index is 1070. The summed E-state index contributed by atoms with van der Waals surface area (Å²) in [6.07, 6.45) is 1.34. The van der Waals surface area contributed by atoms with Gasteiger partial charge in [0.25, 0.3) is 0 Å². The minimum Gasteiger partial charge on any atom is -0.386 e. The molecule has 1 aliphatic rings. The lowest BCUT2D eigenvalue weighted by Gasteiger charge is -2.21. The third kappa shape index (κ3) is 4.92. The maximum atomic E-state index is 14.8.